The van der Waals surface area contributed by atoms with Gasteiger partial charge in [-0.3, -0.25) is 9.59 Å². The van der Waals surface area contributed by atoms with Gasteiger partial charge < -0.3 is 15.4 Å². The molecule has 0 bridgehead atoms. The molecule has 17 heavy (non-hydrogen) atoms. The predicted octanol–water partition coefficient (Wildman–Crippen LogP) is 0.0983. The number of ether oxygens (including phenoxy) is 1. The van der Waals surface area contributed by atoms with Crippen LogP contribution in [0.2, 0.25) is 0 Å². The Balaban J connectivity index is 2.77. The molecule has 0 saturated carbocycles. The Kier molecular flexibility index (Phi) is 5.00. The monoisotopic (exact) mass is 236 g/mol. The zero-order chi connectivity index (χ0) is 12.7. The number of likely N-dealkylation sites (N-methyl/N-ethyl adjacent to an activating group) is 1. The molecule has 5 nitrogen and oxygen atoms in total. The molecule has 0 spiro atoms. The van der Waals surface area contributed by atoms with E-state index in [1.54, 1.807) is 7.11 Å². The first-order valence-electron chi connectivity index (χ1n) is 5.25. The Labute approximate surface area is 100 Å². The fraction of sp³-hybridized carbons (Fsp3) is 0.333. The molecule has 2 N–H and O–H groups in total. The first kappa shape index (κ1) is 13.0. The Morgan fingerprint density at radius 3 is 2.88 bits per heavy atom. The van der Waals surface area contributed by atoms with E-state index in [1.165, 1.54) is 7.05 Å². The van der Waals surface area contributed by atoms with Crippen LogP contribution >= 0.6 is 0 Å². The molecule has 92 valence electrons. The molecule has 0 fully saturated rings. The van der Waals surface area contributed by atoms with E-state index in [9.17, 15) is 9.59 Å². The van der Waals surface area contributed by atoms with Crippen LogP contribution in [-0.2, 0) is 16.0 Å². The fourth-order valence-electron chi connectivity index (χ4n) is 1.52. The van der Waals surface area contributed by atoms with Crippen LogP contribution in [0.3, 0.4) is 0 Å². The minimum absolute atomic E-state index is 0.222. The molecule has 5 heteroatoms. The number of amides is 2. The molecule has 0 aromatic heterocycles. The lowest BCUT2D eigenvalue weighted by Crippen LogP contribution is -2.43. The van der Waals surface area contributed by atoms with Crippen molar-refractivity contribution >= 4 is 12.3 Å². The summed E-state index contributed by atoms with van der Waals surface area (Å²) in [5.41, 5.74) is 0.923. The highest BCUT2D eigenvalue weighted by molar-refractivity contribution is 5.83. The third-order valence-corrected chi connectivity index (χ3v) is 2.41. The number of carbonyl (C=O) groups is 2. The van der Waals surface area contributed by atoms with Gasteiger partial charge in [-0.1, -0.05) is 12.1 Å². The van der Waals surface area contributed by atoms with Crippen molar-refractivity contribution < 1.29 is 14.3 Å². The maximum atomic E-state index is 11.5. The highest BCUT2D eigenvalue weighted by Gasteiger charge is 2.16. The summed E-state index contributed by atoms with van der Waals surface area (Å²) >= 11 is 0. The lowest BCUT2D eigenvalue weighted by molar-refractivity contribution is -0.124. The van der Waals surface area contributed by atoms with E-state index >= 15 is 0 Å². The zero-order valence-electron chi connectivity index (χ0n) is 9.90. The molecule has 0 aliphatic rings. The van der Waals surface area contributed by atoms with Gasteiger partial charge in [-0.15, -0.1) is 0 Å². The van der Waals surface area contributed by atoms with E-state index in [-0.39, 0.29) is 5.91 Å². The second kappa shape index (κ2) is 6.52. The normalized spacial score (nSPS) is 11.4. The van der Waals surface area contributed by atoms with Gasteiger partial charge in [-0.05, 0) is 17.7 Å². The molecule has 0 unspecified atom stereocenters. The summed E-state index contributed by atoms with van der Waals surface area (Å²) in [5, 5.41) is 4.99. The van der Waals surface area contributed by atoms with Gasteiger partial charge in [0.25, 0.3) is 0 Å². The molecule has 0 aliphatic carbocycles. The first-order valence-corrected chi connectivity index (χ1v) is 5.25. The van der Waals surface area contributed by atoms with Gasteiger partial charge in [0.05, 0.1) is 7.11 Å². The maximum absolute atomic E-state index is 11.5. The molecular formula is C12H16N2O3. The Hall–Kier alpha value is -2.04. The van der Waals surface area contributed by atoms with Crippen molar-refractivity contribution in [2.45, 2.75) is 12.5 Å². The third-order valence-electron chi connectivity index (χ3n) is 2.41. The number of nitrogens with one attached hydrogen (secondary N) is 2. The van der Waals surface area contributed by atoms with Crippen LogP contribution in [0.25, 0.3) is 0 Å². The summed E-state index contributed by atoms with van der Waals surface area (Å²) in [6.45, 7) is 0. The van der Waals surface area contributed by atoms with Gasteiger partial charge in [-0.2, -0.15) is 0 Å². The molecule has 0 saturated heterocycles. The van der Waals surface area contributed by atoms with E-state index in [0.717, 1.165) is 11.3 Å². The van der Waals surface area contributed by atoms with Crippen LogP contribution in [0.15, 0.2) is 24.3 Å². The highest BCUT2D eigenvalue weighted by atomic mass is 16.5. The van der Waals surface area contributed by atoms with E-state index in [1.807, 2.05) is 24.3 Å². The number of benzene rings is 1. The highest BCUT2D eigenvalue weighted by Crippen LogP contribution is 2.13. The van der Waals surface area contributed by atoms with Gasteiger partial charge in [0.1, 0.15) is 11.8 Å². The molecule has 1 aromatic rings. The minimum atomic E-state index is -0.565. The second-order valence-corrected chi connectivity index (χ2v) is 3.51. The van der Waals surface area contributed by atoms with E-state index in [4.69, 9.17) is 4.74 Å². The summed E-state index contributed by atoms with van der Waals surface area (Å²) in [6.07, 6.45) is 0.954. The number of hydrogen-bond acceptors (Lipinski definition) is 3. The van der Waals surface area contributed by atoms with Gasteiger partial charge >= 0.3 is 0 Å². The number of hydrogen-bond donors (Lipinski definition) is 2. The number of rotatable bonds is 6. The van der Waals surface area contributed by atoms with Crippen molar-refractivity contribution in [3.05, 3.63) is 29.8 Å². The Morgan fingerprint density at radius 1 is 1.53 bits per heavy atom. The molecule has 1 rings (SSSR count). The average molecular weight is 236 g/mol. The van der Waals surface area contributed by atoms with E-state index < -0.39 is 6.04 Å². The van der Waals surface area contributed by atoms with Crippen LogP contribution in [0.4, 0.5) is 0 Å². The molecule has 2 amide bonds. The van der Waals surface area contributed by atoms with Crippen molar-refractivity contribution in [3.63, 3.8) is 0 Å². The van der Waals surface area contributed by atoms with Crippen molar-refractivity contribution in [1.82, 2.24) is 10.6 Å². The second-order valence-electron chi connectivity index (χ2n) is 3.51. The van der Waals surface area contributed by atoms with Crippen molar-refractivity contribution in [2.24, 2.45) is 0 Å². The lowest BCUT2D eigenvalue weighted by atomic mass is 10.1. The van der Waals surface area contributed by atoms with Crippen LogP contribution in [-0.4, -0.2) is 32.5 Å². The average Bonchev–Trinajstić information content (AvgIpc) is 2.37. The quantitative estimate of drug-likeness (QED) is 0.688. The molecular weight excluding hydrogens is 220 g/mol. The largest absolute Gasteiger partial charge is 0.497 e. The maximum Gasteiger partial charge on any atom is 0.242 e. The van der Waals surface area contributed by atoms with E-state index in [2.05, 4.69) is 10.6 Å². The summed E-state index contributed by atoms with van der Waals surface area (Å²) in [6, 6.07) is 6.82. The first-order chi connectivity index (χ1) is 8.21. The standard InChI is InChI=1S/C12H16N2O3/c1-13-12(16)11(14-8-15)7-9-4-3-5-10(6-9)17-2/h3-6,8,11H,7H2,1-2H3,(H,13,16)(H,14,15)/t11-/m0/s1. The van der Waals surface area contributed by atoms with Crippen LogP contribution in [0.1, 0.15) is 5.56 Å². The molecule has 1 aromatic carbocycles. The molecule has 0 aliphatic heterocycles. The van der Waals surface area contributed by atoms with Gasteiger partial charge in [0.15, 0.2) is 0 Å². The van der Waals surface area contributed by atoms with Gasteiger partial charge in [0.2, 0.25) is 12.3 Å². The zero-order valence-corrected chi connectivity index (χ0v) is 9.90. The molecule has 0 radical (unpaired) electrons. The summed E-state index contributed by atoms with van der Waals surface area (Å²) in [4.78, 5) is 21.9. The van der Waals surface area contributed by atoms with Crippen LogP contribution in [0.5, 0.6) is 5.75 Å². The number of methoxy groups -OCH3 is 1. The molecule has 0 heterocycles. The van der Waals surface area contributed by atoms with Crippen LogP contribution < -0.4 is 15.4 Å². The SMILES string of the molecule is CNC(=O)[C@H](Cc1cccc(OC)c1)NC=O. The van der Waals surface area contributed by atoms with Crippen molar-refractivity contribution in [3.8, 4) is 5.75 Å². The smallest absolute Gasteiger partial charge is 0.242 e. The van der Waals surface area contributed by atoms with Crippen LogP contribution in [0, 0.1) is 0 Å². The third kappa shape index (κ3) is 3.79. The molecule has 1 atom stereocenters. The van der Waals surface area contributed by atoms with Gasteiger partial charge in [-0.25, -0.2) is 0 Å². The topological polar surface area (TPSA) is 67.4 Å². The predicted molar refractivity (Wildman–Crippen MR) is 63.8 cm³/mol. The summed E-state index contributed by atoms with van der Waals surface area (Å²) < 4.78 is 5.09. The van der Waals surface area contributed by atoms with E-state index in [0.29, 0.717) is 12.8 Å². The summed E-state index contributed by atoms with van der Waals surface area (Å²) in [7, 11) is 3.12. The number of carbonyl (C=O) groups excluding carboxylic acids is 2. The van der Waals surface area contributed by atoms with Crippen molar-refractivity contribution in [2.75, 3.05) is 14.2 Å². The van der Waals surface area contributed by atoms with Crippen molar-refractivity contribution in [1.29, 1.82) is 0 Å². The van der Waals surface area contributed by atoms with Gasteiger partial charge in [0, 0.05) is 13.5 Å². The fourth-order valence-corrected chi connectivity index (χ4v) is 1.52. The Bertz CT molecular complexity index is 393. The Morgan fingerprint density at radius 2 is 2.29 bits per heavy atom. The minimum Gasteiger partial charge on any atom is -0.497 e. The summed E-state index contributed by atoms with van der Waals surface area (Å²) in [5.74, 6) is 0.504. The lowest BCUT2D eigenvalue weighted by Gasteiger charge is -2.14.